The van der Waals surface area contributed by atoms with Gasteiger partial charge in [0.25, 0.3) is 0 Å². The van der Waals surface area contributed by atoms with Crippen LogP contribution in [0.1, 0.15) is 32.4 Å². The second kappa shape index (κ2) is 6.74. The number of benzene rings is 1. The van der Waals surface area contributed by atoms with Gasteiger partial charge < -0.3 is 15.6 Å². The van der Waals surface area contributed by atoms with E-state index < -0.39 is 6.10 Å². The molecule has 0 bridgehead atoms. The molecule has 0 amide bonds. The molecule has 1 aromatic rings. The van der Waals surface area contributed by atoms with Gasteiger partial charge in [0.2, 0.25) is 0 Å². The molecule has 16 heavy (non-hydrogen) atoms. The smallest absolute Gasteiger partial charge is 0.119 e. The lowest BCUT2D eigenvalue weighted by Crippen LogP contribution is -2.23. The molecule has 0 aromatic heterocycles. The molecular weight excluding hydrogens is 226 g/mol. The molecule has 0 radical (unpaired) electrons. The third-order valence-corrected chi connectivity index (χ3v) is 2.16. The molecule has 2 atom stereocenters. The molecule has 0 aliphatic rings. The summed E-state index contributed by atoms with van der Waals surface area (Å²) >= 11 is 0. The lowest BCUT2D eigenvalue weighted by atomic mass is 10.0. The van der Waals surface area contributed by atoms with E-state index in [9.17, 15) is 5.11 Å². The molecule has 3 N–H and O–H groups in total. The first-order valence-corrected chi connectivity index (χ1v) is 5.21. The number of aliphatic hydroxyl groups excluding tert-OH is 1. The summed E-state index contributed by atoms with van der Waals surface area (Å²) in [6.45, 7) is 5.65. The summed E-state index contributed by atoms with van der Waals surface area (Å²) in [7, 11) is 0. The van der Waals surface area contributed by atoms with Crippen molar-refractivity contribution in [3.8, 4) is 5.75 Å². The molecule has 4 heteroatoms. The molecule has 1 rings (SSSR count). The van der Waals surface area contributed by atoms with E-state index in [1.165, 1.54) is 0 Å². The van der Waals surface area contributed by atoms with Crippen LogP contribution in [-0.2, 0) is 0 Å². The normalized spacial score (nSPS) is 14.1. The van der Waals surface area contributed by atoms with Crippen molar-refractivity contribution >= 4 is 12.4 Å². The highest BCUT2D eigenvalue weighted by atomic mass is 35.5. The molecule has 0 saturated carbocycles. The van der Waals surface area contributed by atoms with E-state index >= 15 is 0 Å². The predicted octanol–water partition coefficient (Wildman–Crippen LogP) is 2.28. The molecule has 0 saturated heterocycles. The zero-order valence-electron chi connectivity index (χ0n) is 9.88. The average molecular weight is 246 g/mol. The van der Waals surface area contributed by atoms with Crippen LogP contribution in [0.25, 0.3) is 0 Å². The van der Waals surface area contributed by atoms with Crippen molar-refractivity contribution in [1.82, 2.24) is 0 Å². The largest absolute Gasteiger partial charge is 0.491 e. The zero-order valence-corrected chi connectivity index (χ0v) is 10.7. The van der Waals surface area contributed by atoms with Crippen molar-refractivity contribution in [3.05, 3.63) is 29.8 Å². The van der Waals surface area contributed by atoms with Crippen LogP contribution < -0.4 is 10.5 Å². The maximum atomic E-state index is 9.33. The van der Waals surface area contributed by atoms with Crippen LogP contribution in [0, 0.1) is 0 Å². The monoisotopic (exact) mass is 245 g/mol. The minimum atomic E-state index is -0.540. The Hall–Kier alpha value is -0.770. The Morgan fingerprint density at radius 2 is 1.62 bits per heavy atom. The van der Waals surface area contributed by atoms with Crippen LogP contribution in [0.15, 0.2) is 24.3 Å². The van der Waals surface area contributed by atoms with Crippen molar-refractivity contribution < 1.29 is 9.84 Å². The molecule has 0 aliphatic heterocycles. The van der Waals surface area contributed by atoms with Crippen LogP contribution in [-0.4, -0.2) is 17.3 Å². The Balaban J connectivity index is 0.00000225. The number of halogens is 1. The molecule has 0 spiro atoms. The van der Waals surface area contributed by atoms with E-state index in [4.69, 9.17) is 10.5 Å². The highest BCUT2D eigenvalue weighted by Gasteiger charge is 2.11. The van der Waals surface area contributed by atoms with Crippen molar-refractivity contribution in [2.24, 2.45) is 5.73 Å². The summed E-state index contributed by atoms with van der Waals surface area (Å²) < 4.78 is 5.51. The Morgan fingerprint density at radius 3 is 2.00 bits per heavy atom. The van der Waals surface area contributed by atoms with Crippen LogP contribution >= 0.6 is 12.4 Å². The molecule has 92 valence electrons. The summed E-state index contributed by atoms with van der Waals surface area (Å²) in [5.74, 6) is 0.826. The maximum absolute atomic E-state index is 9.33. The average Bonchev–Trinajstić information content (AvgIpc) is 2.17. The van der Waals surface area contributed by atoms with Crippen molar-refractivity contribution in [1.29, 1.82) is 0 Å². The Kier molecular flexibility index (Phi) is 6.41. The van der Waals surface area contributed by atoms with E-state index in [0.29, 0.717) is 0 Å². The SMILES string of the molecule is CC(C)Oc1ccc([C@@H](N)[C@H](C)O)cc1.Cl. The molecule has 1 aromatic carbocycles. The Morgan fingerprint density at radius 1 is 1.12 bits per heavy atom. The molecule has 0 aliphatic carbocycles. The van der Waals surface area contributed by atoms with Gasteiger partial charge in [-0.2, -0.15) is 0 Å². The van der Waals surface area contributed by atoms with Gasteiger partial charge in [-0.25, -0.2) is 0 Å². The van der Waals surface area contributed by atoms with Gasteiger partial charge in [0.1, 0.15) is 5.75 Å². The third kappa shape index (κ3) is 4.39. The van der Waals surface area contributed by atoms with Crippen LogP contribution in [0.3, 0.4) is 0 Å². The Labute approximate surface area is 103 Å². The molecule has 0 heterocycles. The number of rotatable bonds is 4. The molecule has 3 nitrogen and oxygen atoms in total. The van der Waals surface area contributed by atoms with E-state index in [0.717, 1.165) is 11.3 Å². The number of ether oxygens (including phenoxy) is 1. The quantitative estimate of drug-likeness (QED) is 0.856. The maximum Gasteiger partial charge on any atom is 0.119 e. The first-order chi connectivity index (χ1) is 7.00. The van der Waals surface area contributed by atoms with Crippen LogP contribution in [0.5, 0.6) is 5.75 Å². The minimum absolute atomic E-state index is 0. The van der Waals surface area contributed by atoms with Gasteiger partial charge in [-0.1, -0.05) is 12.1 Å². The van der Waals surface area contributed by atoms with Gasteiger partial charge in [-0.15, -0.1) is 12.4 Å². The second-order valence-corrected chi connectivity index (χ2v) is 4.00. The lowest BCUT2D eigenvalue weighted by molar-refractivity contribution is 0.164. The number of aliphatic hydroxyl groups is 1. The van der Waals surface area contributed by atoms with Crippen LogP contribution in [0.2, 0.25) is 0 Å². The van der Waals surface area contributed by atoms with Crippen molar-refractivity contribution in [3.63, 3.8) is 0 Å². The fourth-order valence-corrected chi connectivity index (χ4v) is 1.32. The second-order valence-electron chi connectivity index (χ2n) is 4.00. The Bertz CT molecular complexity index is 298. The first kappa shape index (κ1) is 15.2. The summed E-state index contributed by atoms with van der Waals surface area (Å²) in [5.41, 5.74) is 6.72. The lowest BCUT2D eigenvalue weighted by Gasteiger charge is -2.16. The third-order valence-electron chi connectivity index (χ3n) is 2.16. The highest BCUT2D eigenvalue weighted by Crippen LogP contribution is 2.19. The van der Waals surface area contributed by atoms with E-state index in [1.807, 2.05) is 38.1 Å². The van der Waals surface area contributed by atoms with Crippen LogP contribution in [0.4, 0.5) is 0 Å². The summed E-state index contributed by atoms with van der Waals surface area (Å²) in [5, 5.41) is 9.33. The summed E-state index contributed by atoms with van der Waals surface area (Å²) in [6.07, 6.45) is -0.372. The zero-order chi connectivity index (χ0) is 11.4. The first-order valence-electron chi connectivity index (χ1n) is 5.21. The summed E-state index contributed by atoms with van der Waals surface area (Å²) in [6, 6.07) is 7.18. The molecule has 0 unspecified atom stereocenters. The van der Waals surface area contributed by atoms with E-state index in [1.54, 1.807) is 6.92 Å². The van der Waals surface area contributed by atoms with Crippen molar-refractivity contribution in [2.45, 2.75) is 39.0 Å². The fraction of sp³-hybridized carbons (Fsp3) is 0.500. The van der Waals surface area contributed by atoms with Gasteiger partial charge >= 0.3 is 0 Å². The number of hydrogen-bond acceptors (Lipinski definition) is 3. The topological polar surface area (TPSA) is 55.5 Å². The molecule has 0 fully saturated rings. The fourth-order valence-electron chi connectivity index (χ4n) is 1.32. The summed E-state index contributed by atoms with van der Waals surface area (Å²) in [4.78, 5) is 0. The van der Waals surface area contributed by atoms with E-state index in [2.05, 4.69) is 0 Å². The van der Waals surface area contributed by atoms with Gasteiger partial charge in [0.05, 0.1) is 18.2 Å². The van der Waals surface area contributed by atoms with Gasteiger partial charge in [0, 0.05) is 0 Å². The van der Waals surface area contributed by atoms with E-state index in [-0.39, 0.29) is 24.6 Å². The van der Waals surface area contributed by atoms with Gasteiger partial charge in [-0.3, -0.25) is 0 Å². The van der Waals surface area contributed by atoms with Crippen molar-refractivity contribution in [2.75, 3.05) is 0 Å². The highest BCUT2D eigenvalue weighted by molar-refractivity contribution is 5.85. The standard InChI is InChI=1S/C12H19NO2.ClH/c1-8(2)15-11-6-4-10(5-7-11)12(13)9(3)14;/h4-9,12,14H,13H2,1-3H3;1H/t9-,12-;/m0./s1. The van der Waals surface area contributed by atoms with Gasteiger partial charge in [-0.05, 0) is 38.5 Å². The van der Waals surface area contributed by atoms with Gasteiger partial charge in [0.15, 0.2) is 0 Å². The predicted molar refractivity (Wildman–Crippen MR) is 68.1 cm³/mol. The molecular formula is C12H20ClNO2. The number of nitrogens with two attached hydrogens (primary N) is 1. The number of hydrogen-bond donors (Lipinski definition) is 2. The minimum Gasteiger partial charge on any atom is -0.491 e.